The summed E-state index contributed by atoms with van der Waals surface area (Å²) < 4.78 is 72.9. The van der Waals surface area contributed by atoms with Gasteiger partial charge in [-0.3, -0.25) is 19.9 Å². The zero-order valence-electron chi connectivity index (χ0n) is 45.9. The number of halogens is 5. The number of carbonyl (C=O) groups excluding carboxylic acids is 2. The first kappa shape index (κ1) is 59.9. The van der Waals surface area contributed by atoms with Crippen molar-refractivity contribution in [2.75, 3.05) is 0 Å². The van der Waals surface area contributed by atoms with E-state index in [1.807, 2.05) is 69.5 Å². The predicted molar refractivity (Wildman–Crippen MR) is 299 cm³/mol. The largest absolute Gasteiger partial charge is 0.444 e. The van der Waals surface area contributed by atoms with E-state index in [4.69, 9.17) is 23.7 Å². The summed E-state index contributed by atoms with van der Waals surface area (Å²) in [5, 5.41) is 3.59. The van der Waals surface area contributed by atoms with Crippen LogP contribution in [0, 0.1) is 17.5 Å². The fourth-order valence-electron chi connectivity index (χ4n) is 11.9. The lowest BCUT2D eigenvalue weighted by molar-refractivity contribution is -0.0410. The molecule has 8 heterocycles. The average Bonchev–Trinajstić information content (AvgIpc) is 4.04. The first-order valence-corrected chi connectivity index (χ1v) is 28.3. The highest BCUT2D eigenvalue weighted by molar-refractivity contribution is 9.10. The van der Waals surface area contributed by atoms with Crippen LogP contribution in [0.15, 0.2) is 96.3 Å². The Labute approximate surface area is 476 Å². The maximum Gasteiger partial charge on any atom is 0.410 e. The van der Waals surface area contributed by atoms with E-state index in [1.165, 1.54) is 31.0 Å². The molecule has 2 amide bonds. The molecule has 0 saturated carbocycles. The Morgan fingerprint density at radius 1 is 0.544 bits per heavy atom. The number of ether oxygens (including phenoxy) is 5. The maximum atomic E-state index is 14.6. The van der Waals surface area contributed by atoms with Gasteiger partial charge >= 0.3 is 12.2 Å². The van der Waals surface area contributed by atoms with Gasteiger partial charge in [-0.1, -0.05) is 46.3 Å². The van der Waals surface area contributed by atoms with Crippen molar-refractivity contribution in [2.45, 2.75) is 204 Å². The smallest absolute Gasteiger partial charge is 0.410 e. The van der Waals surface area contributed by atoms with Gasteiger partial charge in [0, 0.05) is 93.3 Å². The minimum absolute atomic E-state index is 0. The number of hydrogen-bond acceptors (Lipinski definition) is 12. The lowest BCUT2D eigenvalue weighted by Gasteiger charge is -2.39. The third kappa shape index (κ3) is 15.6. The van der Waals surface area contributed by atoms with Gasteiger partial charge in [0.2, 0.25) is 0 Å². The number of fused-ring (bicyclic) bond motifs is 6. The molecule has 1 N–H and O–H groups in total. The second-order valence-corrected chi connectivity index (χ2v) is 24.2. The van der Waals surface area contributed by atoms with Crippen LogP contribution in [0.3, 0.4) is 0 Å². The molecule has 6 aliphatic heterocycles. The van der Waals surface area contributed by atoms with Crippen LogP contribution in [0.1, 0.15) is 135 Å². The van der Waals surface area contributed by atoms with E-state index in [0.29, 0.717) is 45.7 Å². The van der Waals surface area contributed by atoms with Crippen LogP contribution in [0.2, 0.25) is 0 Å². The molecule has 6 unspecified atom stereocenters. The van der Waals surface area contributed by atoms with Crippen molar-refractivity contribution in [3.05, 3.63) is 130 Å². The predicted octanol–water partition coefficient (Wildman–Crippen LogP) is 13.3. The molecule has 6 bridgehead atoms. The minimum atomic E-state index is -0.508. The molecule has 6 aliphatic rings. The van der Waals surface area contributed by atoms with E-state index in [-0.39, 0.29) is 104 Å². The molecular formula is C60H74BrClF3N7O7. The monoisotopic (exact) mass is 1180 g/mol. The molecule has 6 saturated heterocycles. The summed E-state index contributed by atoms with van der Waals surface area (Å²) in [5.74, 6) is -0.819. The van der Waals surface area contributed by atoms with E-state index in [9.17, 15) is 22.8 Å². The van der Waals surface area contributed by atoms with Gasteiger partial charge in [0.05, 0.1) is 61.9 Å². The first-order valence-electron chi connectivity index (χ1n) is 27.5. The molecule has 426 valence electrons. The molecule has 0 spiro atoms. The Hall–Kier alpha value is -5.24. The van der Waals surface area contributed by atoms with Crippen LogP contribution in [-0.4, -0.2) is 108 Å². The molecule has 2 aromatic heterocycles. The van der Waals surface area contributed by atoms with Crippen molar-refractivity contribution >= 4 is 40.5 Å². The van der Waals surface area contributed by atoms with Gasteiger partial charge in [0.15, 0.2) is 0 Å². The molecule has 0 aliphatic carbocycles. The molecule has 79 heavy (non-hydrogen) atoms. The molecule has 6 atom stereocenters. The minimum Gasteiger partial charge on any atom is -0.444 e. The first-order chi connectivity index (χ1) is 37.4. The van der Waals surface area contributed by atoms with Crippen molar-refractivity contribution in [1.29, 1.82) is 0 Å². The van der Waals surface area contributed by atoms with Crippen molar-refractivity contribution in [1.82, 2.24) is 35.1 Å². The summed E-state index contributed by atoms with van der Waals surface area (Å²) in [6, 6.07) is 16.6. The van der Waals surface area contributed by atoms with Crippen LogP contribution in [0.25, 0.3) is 22.5 Å². The SMILES string of the molecule is CC(C)(C)OC(=O)N1C2CCC1CC(OCc1c(F)cccc1-c1cnccn1)C2.CC(C)(C)OC(=O)N1C2CCC1CC(OCc1c(F)cccc1Br)C2.Cl.Fc1cccc(-c2cnccn2)c1COC1CC2CCC(C1)N2. The number of piperidine rings is 3. The number of nitrogens with one attached hydrogen (secondary N) is 1. The van der Waals surface area contributed by atoms with Crippen LogP contribution < -0.4 is 5.32 Å². The van der Waals surface area contributed by atoms with Gasteiger partial charge in [0.25, 0.3) is 0 Å². The Morgan fingerprint density at radius 2 is 0.911 bits per heavy atom. The van der Waals surface area contributed by atoms with Crippen molar-refractivity contribution in [2.24, 2.45) is 0 Å². The summed E-state index contributed by atoms with van der Waals surface area (Å²) in [4.78, 5) is 45.6. The highest BCUT2D eigenvalue weighted by atomic mass is 79.9. The van der Waals surface area contributed by atoms with Crippen molar-refractivity contribution in [3.63, 3.8) is 0 Å². The summed E-state index contributed by atoms with van der Waals surface area (Å²) in [6.07, 6.45) is 20.9. The van der Waals surface area contributed by atoms with Gasteiger partial charge in [0.1, 0.15) is 28.7 Å². The fraction of sp³-hybridized carbons (Fsp3) is 0.533. The number of carbonyl (C=O) groups is 2. The van der Waals surface area contributed by atoms with Crippen molar-refractivity contribution < 1.29 is 46.4 Å². The normalized spacial score (nSPS) is 24.8. The molecule has 5 aromatic rings. The van der Waals surface area contributed by atoms with Crippen LogP contribution in [-0.2, 0) is 43.5 Å². The van der Waals surface area contributed by atoms with Crippen LogP contribution in [0.5, 0.6) is 0 Å². The lowest BCUT2D eigenvalue weighted by Crippen LogP contribution is -2.50. The zero-order chi connectivity index (χ0) is 55.1. The third-order valence-corrected chi connectivity index (χ3v) is 16.1. The number of benzene rings is 3. The fourth-order valence-corrected chi connectivity index (χ4v) is 12.4. The van der Waals surface area contributed by atoms with E-state index >= 15 is 0 Å². The standard InChI is InChI=1S/C23H28FN3O3.C19H25BrFNO3.C18H20FN3O.ClH/c1-23(2,3)30-22(28)27-15-7-8-16(27)12-17(11-15)29-14-19-18(5-4-6-20(19)24)21-13-25-9-10-26-21;1-19(2,3)25-18(23)22-12-7-8-13(22)10-14(9-12)24-11-15-16(20)5-4-6-17(15)21;19-17-3-1-2-15(18-10-20-6-7-21-18)16(17)11-23-14-8-12-4-5-13(9-14)22-12;/h4-6,9-10,13,15-17H,7-8,11-12,14H2,1-3H3;4-6,12-14H,7-11H2,1-3H3;1-3,6-7,10,12-14,22H,4-5,8-9,11H2;1H. The quantitative estimate of drug-likeness (QED) is 0.134. The molecular weight excluding hydrogens is 1100 g/mol. The number of rotatable bonds is 11. The molecule has 19 heteroatoms. The summed E-state index contributed by atoms with van der Waals surface area (Å²) in [7, 11) is 0. The van der Waals surface area contributed by atoms with Gasteiger partial charge in [-0.05, 0) is 143 Å². The molecule has 11 rings (SSSR count). The summed E-state index contributed by atoms with van der Waals surface area (Å²) >= 11 is 3.38. The Morgan fingerprint density at radius 3 is 1.28 bits per heavy atom. The Kier molecular flexibility index (Phi) is 20.1. The van der Waals surface area contributed by atoms with Gasteiger partial charge in [-0.2, -0.15) is 0 Å². The average molecular weight is 1180 g/mol. The topological polar surface area (TPSA) is 150 Å². The van der Waals surface area contributed by atoms with E-state index in [2.05, 4.69) is 41.2 Å². The van der Waals surface area contributed by atoms with E-state index in [1.54, 1.807) is 55.4 Å². The number of aromatic nitrogens is 4. The molecule has 6 fully saturated rings. The molecule has 14 nitrogen and oxygen atoms in total. The number of hydrogen-bond donors (Lipinski definition) is 1. The van der Waals surface area contributed by atoms with Crippen molar-refractivity contribution in [3.8, 4) is 22.5 Å². The number of amides is 2. The summed E-state index contributed by atoms with van der Waals surface area (Å²) in [5.41, 5.74) is 3.36. The maximum absolute atomic E-state index is 14.6. The van der Waals surface area contributed by atoms with Crippen LogP contribution in [0.4, 0.5) is 22.8 Å². The lowest BCUT2D eigenvalue weighted by atomic mass is 9.99. The van der Waals surface area contributed by atoms with Crippen LogP contribution >= 0.6 is 28.3 Å². The highest BCUT2D eigenvalue weighted by Crippen LogP contribution is 2.41. The van der Waals surface area contributed by atoms with E-state index < -0.39 is 11.2 Å². The summed E-state index contributed by atoms with van der Waals surface area (Å²) in [6.45, 7) is 12.0. The Bertz CT molecular complexity index is 2770. The third-order valence-electron chi connectivity index (χ3n) is 15.4. The highest BCUT2D eigenvalue weighted by Gasteiger charge is 2.47. The number of nitrogens with zero attached hydrogens (tertiary/aromatic N) is 6. The Balaban J connectivity index is 0.000000156. The van der Waals surface area contributed by atoms with Gasteiger partial charge < -0.3 is 38.8 Å². The molecule has 3 aromatic carbocycles. The second kappa shape index (κ2) is 26.6. The molecule has 0 radical (unpaired) electrons. The van der Waals surface area contributed by atoms with E-state index in [0.717, 1.165) is 74.2 Å². The zero-order valence-corrected chi connectivity index (χ0v) is 48.3. The second-order valence-electron chi connectivity index (χ2n) is 23.3. The van der Waals surface area contributed by atoms with Gasteiger partial charge in [-0.15, -0.1) is 12.4 Å². The van der Waals surface area contributed by atoms with Gasteiger partial charge in [-0.25, -0.2) is 22.8 Å².